The van der Waals surface area contributed by atoms with Gasteiger partial charge in [-0.15, -0.1) is 0 Å². The fraction of sp³-hybridized carbons (Fsp3) is 0.941. The summed E-state index contributed by atoms with van der Waals surface area (Å²) in [6, 6.07) is 0.806. The van der Waals surface area contributed by atoms with Crippen molar-refractivity contribution < 1.29 is 4.79 Å². The topological polar surface area (TPSA) is 32.3 Å². The van der Waals surface area contributed by atoms with Gasteiger partial charge in [-0.3, -0.25) is 4.79 Å². The molecule has 20 heavy (non-hydrogen) atoms. The summed E-state index contributed by atoms with van der Waals surface area (Å²) >= 11 is 0. The number of hydrogen-bond donors (Lipinski definition) is 1. The maximum atomic E-state index is 12.8. The second kappa shape index (κ2) is 9.38. The number of unbranched alkanes of at least 4 members (excludes halogenated alkanes) is 1. The third-order valence-electron chi connectivity index (χ3n) is 4.48. The Morgan fingerprint density at radius 1 is 1.30 bits per heavy atom. The summed E-state index contributed by atoms with van der Waals surface area (Å²) in [7, 11) is 0. The number of rotatable bonds is 8. The Balaban J connectivity index is 2.60. The van der Waals surface area contributed by atoms with Gasteiger partial charge in [0.1, 0.15) is 0 Å². The van der Waals surface area contributed by atoms with Crippen LogP contribution in [0.4, 0.5) is 0 Å². The molecule has 1 aliphatic rings. The Bertz CT molecular complexity index is 272. The minimum atomic E-state index is 0.223. The lowest BCUT2D eigenvalue weighted by molar-refractivity contribution is -0.138. The van der Waals surface area contributed by atoms with Gasteiger partial charge in [0.15, 0.2) is 0 Å². The van der Waals surface area contributed by atoms with Crippen LogP contribution >= 0.6 is 0 Å². The second-order valence-electron chi connectivity index (χ2n) is 6.48. The van der Waals surface area contributed by atoms with Crippen molar-refractivity contribution in [2.45, 2.75) is 84.7 Å². The molecular formula is C17H34N2O. The Hall–Kier alpha value is -0.570. The number of carbonyl (C=O) groups excluding carboxylic acids is 1. The Morgan fingerprint density at radius 3 is 2.55 bits per heavy atom. The van der Waals surface area contributed by atoms with Crippen LogP contribution in [0.1, 0.15) is 72.6 Å². The van der Waals surface area contributed by atoms with Crippen LogP contribution in [0.2, 0.25) is 0 Å². The SMILES string of the molecule is CCCCC(CC)C(=O)N(CC1CCCCN1)C(C)C. The number of amides is 1. The molecule has 1 N–H and O–H groups in total. The molecule has 3 heteroatoms. The second-order valence-corrected chi connectivity index (χ2v) is 6.48. The lowest BCUT2D eigenvalue weighted by atomic mass is 9.96. The van der Waals surface area contributed by atoms with Gasteiger partial charge in [0.05, 0.1) is 0 Å². The standard InChI is InChI=1S/C17H34N2O/c1-5-7-10-15(6-2)17(20)19(14(3)4)13-16-11-8-9-12-18-16/h14-16,18H,5-13H2,1-4H3. The highest BCUT2D eigenvalue weighted by atomic mass is 16.2. The van der Waals surface area contributed by atoms with Crippen molar-refractivity contribution in [1.82, 2.24) is 10.2 Å². The molecule has 0 spiro atoms. The van der Waals surface area contributed by atoms with E-state index in [1.54, 1.807) is 0 Å². The highest BCUT2D eigenvalue weighted by Crippen LogP contribution is 2.19. The molecule has 3 nitrogen and oxygen atoms in total. The quantitative estimate of drug-likeness (QED) is 0.738. The lowest BCUT2D eigenvalue weighted by Crippen LogP contribution is -2.49. The first kappa shape index (κ1) is 17.5. The van der Waals surface area contributed by atoms with Crippen molar-refractivity contribution >= 4 is 5.91 Å². The molecule has 1 rings (SSSR count). The van der Waals surface area contributed by atoms with Gasteiger partial charge in [-0.25, -0.2) is 0 Å². The van der Waals surface area contributed by atoms with Crippen LogP contribution in [0.5, 0.6) is 0 Å². The molecule has 1 aliphatic heterocycles. The molecule has 0 aromatic heterocycles. The number of hydrogen-bond acceptors (Lipinski definition) is 2. The summed E-state index contributed by atoms with van der Waals surface area (Å²) in [4.78, 5) is 14.9. The first-order valence-electron chi connectivity index (χ1n) is 8.63. The van der Waals surface area contributed by atoms with Gasteiger partial charge in [-0.05, 0) is 46.1 Å². The number of nitrogens with one attached hydrogen (secondary N) is 1. The maximum Gasteiger partial charge on any atom is 0.225 e. The average Bonchev–Trinajstić information content (AvgIpc) is 2.46. The molecule has 2 unspecified atom stereocenters. The number of piperidine rings is 1. The summed E-state index contributed by atoms with van der Waals surface area (Å²) < 4.78 is 0. The first-order chi connectivity index (χ1) is 9.60. The van der Waals surface area contributed by atoms with Crippen molar-refractivity contribution in [2.24, 2.45) is 5.92 Å². The molecular weight excluding hydrogens is 248 g/mol. The van der Waals surface area contributed by atoms with E-state index in [4.69, 9.17) is 0 Å². The molecule has 118 valence electrons. The lowest BCUT2D eigenvalue weighted by Gasteiger charge is -2.35. The molecule has 0 aliphatic carbocycles. The van der Waals surface area contributed by atoms with E-state index in [-0.39, 0.29) is 5.92 Å². The average molecular weight is 282 g/mol. The van der Waals surface area contributed by atoms with E-state index in [0.717, 1.165) is 32.4 Å². The van der Waals surface area contributed by atoms with Gasteiger partial charge in [0, 0.05) is 24.5 Å². The molecule has 1 heterocycles. The monoisotopic (exact) mass is 282 g/mol. The molecule has 2 atom stereocenters. The van der Waals surface area contributed by atoms with Crippen LogP contribution in [-0.2, 0) is 4.79 Å². The van der Waals surface area contributed by atoms with E-state index >= 15 is 0 Å². The van der Waals surface area contributed by atoms with Gasteiger partial charge < -0.3 is 10.2 Å². The van der Waals surface area contributed by atoms with E-state index < -0.39 is 0 Å². The van der Waals surface area contributed by atoms with Crippen LogP contribution in [0, 0.1) is 5.92 Å². The van der Waals surface area contributed by atoms with Crippen LogP contribution in [0.3, 0.4) is 0 Å². The van der Waals surface area contributed by atoms with Crippen LogP contribution in [0.25, 0.3) is 0 Å². The number of nitrogens with zero attached hydrogens (tertiary/aromatic N) is 1. The summed E-state index contributed by atoms with van der Waals surface area (Å²) in [6.45, 7) is 10.6. The minimum absolute atomic E-state index is 0.223. The number of carbonyl (C=O) groups is 1. The van der Waals surface area contributed by atoms with E-state index in [9.17, 15) is 4.79 Å². The van der Waals surface area contributed by atoms with Gasteiger partial charge in [0.25, 0.3) is 0 Å². The normalized spacial score (nSPS) is 20.9. The van der Waals surface area contributed by atoms with Crippen molar-refractivity contribution in [3.05, 3.63) is 0 Å². The molecule has 1 fully saturated rings. The zero-order chi connectivity index (χ0) is 15.0. The fourth-order valence-corrected chi connectivity index (χ4v) is 3.06. The van der Waals surface area contributed by atoms with Crippen molar-refractivity contribution in [3.8, 4) is 0 Å². The smallest absolute Gasteiger partial charge is 0.225 e. The first-order valence-corrected chi connectivity index (χ1v) is 8.63. The third-order valence-corrected chi connectivity index (χ3v) is 4.48. The molecule has 0 bridgehead atoms. The van der Waals surface area contributed by atoms with Crippen molar-refractivity contribution in [3.63, 3.8) is 0 Å². The Morgan fingerprint density at radius 2 is 2.05 bits per heavy atom. The molecule has 0 aromatic carbocycles. The Kier molecular flexibility index (Phi) is 8.20. The third kappa shape index (κ3) is 5.43. The van der Waals surface area contributed by atoms with Crippen LogP contribution in [0.15, 0.2) is 0 Å². The summed E-state index contributed by atoms with van der Waals surface area (Å²) in [5.74, 6) is 0.601. The van der Waals surface area contributed by atoms with Crippen molar-refractivity contribution in [2.75, 3.05) is 13.1 Å². The predicted molar refractivity (Wildman–Crippen MR) is 85.8 cm³/mol. The molecule has 0 aromatic rings. The van der Waals surface area contributed by atoms with Gasteiger partial charge in [-0.2, -0.15) is 0 Å². The summed E-state index contributed by atoms with van der Waals surface area (Å²) in [6.07, 6.45) is 8.15. The predicted octanol–water partition coefficient (Wildman–Crippen LogP) is 3.58. The maximum absolute atomic E-state index is 12.8. The van der Waals surface area contributed by atoms with Crippen LogP contribution in [-0.4, -0.2) is 36.0 Å². The molecule has 0 saturated carbocycles. The summed E-state index contributed by atoms with van der Waals surface area (Å²) in [5.41, 5.74) is 0. The molecule has 1 amide bonds. The zero-order valence-electron chi connectivity index (χ0n) is 14.0. The minimum Gasteiger partial charge on any atom is -0.338 e. The fourth-order valence-electron chi connectivity index (χ4n) is 3.06. The van der Waals surface area contributed by atoms with Gasteiger partial charge in [-0.1, -0.05) is 33.1 Å². The Labute approximate surface area is 125 Å². The van der Waals surface area contributed by atoms with E-state index in [2.05, 4.69) is 37.9 Å². The highest BCUT2D eigenvalue weighted by molar-refractivity contribution is 5.79. The van der Waals surface area contributed by atoms with E-state index in [1.165, 1.54) is 25.7 Å². The van der Waals surface area contributed by atoms with Gasteiger partial charge in [0.2, 0.25) is 5.91 Å². The van der Waals surface area contributed by atoms with Crippen LogP contribution < -0.4 is 5.32 Å². The van der Waals surface area contributed by atoms with Gasteiger partial charge >= 0.3 is 0 Å². The molecule has 1 saturated heterocycles. The summed E-state index contributed by atoms with van der Waals surface area (Å²) in [5, 5.41) is 3.57. The molecule has 0 radical (unpaired) electrons. The van der Waals surface area contributed by atoms with E-state index in [0.29, 0.717) is 18.0 Å². The highest BCUT2D eigenvalue weighted by Gasteiger charge is 2.27. The van der Waals surface area contributed by atoms with E-state index in [1.807, 2.05) is 0 Å². The zero-order valence-corrected chi connectivity index (χ0v) is 14.0. The largest absolute Gasteiger partial charge is 0.338 e. The van der Waals surface area contributed by atoms with Crippen molar-refractivity contribution in [1.29, 1.82) is 0 Å².